The first-order valence-corrected chi connectivity index (χ1v) is 20.0. The Kier molecular flexibility index (Phi) is 14.9. The highest BCUT2D eigenvalue weighted by Crippen LogP contribution is 2.23. The van der Waals surface area contributed by atoms with Crippen molar-refractivity contribution in [3.8, 4) is 0 Å². The molecule has 250 valence electrons. The second kappa shape index (κ2) is 17.0. The minimum atomic E-state index is -3.67. The van der Waals surface area contributed by atoms with Crippen LogP contribution in [-0.2, 0) is 21.7 Å². The van der Waals surface area contributed by atoms with E-state index in [4.69, 9.17) is 0 Å². The number of hydrogen-bond acceptors (Lipinski definition) is 0. The van der Waals surface area contributed by atoms with Gasteiger partial charge in [0.15, 0.2) is 14.3 Å². The molecule has 0 aliphatic heterocycles. The lowest BCUT2D eigenvalue weighted by atomic mass is 9.87. The SMILES string of the molecule is CC(C)(C)c1ccc([I+]c2ccc(C(C)(C)C)cc2)cc1.CC(C)(C)c1ccc([I+]c2ccc(C(C)(C)C)cc2)cc1.FC(F)F. The van der Waals surface area contributed by atoms with Crippen molar-refractivity contribution in [1.82, 2.24) is 0 Å². The summed E-state index contributed by atoms with van der Waals surface area (Å²) in [7, 11) is 0. The molecule has 0 unspecified atom stereocenters. The molecule has 0 N–H and O–H groups in total. The van der Waals surface area contributed by atoms with Gasteiger partial charge in [-0.2, -0.15) is 13.2 Å². The molecule has 4 aromatic carbocycles. The summed E-state index contributed by atoms with van der Waals surface area (Å²) in [6.07, 6.45) is 0. The van der Waals surface area contributed by atoms with E-state index in [1.807, 2.05) is 0 Å². The van der Waals surface area contributed by atoms with E-state index in [-0.39, 0.29) is 64.1 Å². The Bertz CT molecular complexity index is 1220. The highest BCUT2D eigenvalue weighted by molar-refractivity contribution is 5.25. The summed E-state index contributed by atoms with van der Waals surface area (Å²) >= 11 is -0.141. The predicted octanol–water partition coefficient (Wildman–Crippen LogP) is 6.00. The fraction of sp³-hybridized carbons (Fsp3) is 0.415. The number of hydrogen-bond donors (Lipinski definition) is 0. The Morgan fingerprint density at radius 2 is 0.457 bits per heavy atom. The summed E-state index contributed by atoms with van der Waals surface area (Å²) in [6.45, 7) is 23.5. The van der Waals surface area contributed by atoms with E-state index < -0.39 is 6.68 Å². The van der Waals surface area contributed by atoms with Crippen molar-refractivity contribution in [3.63, 3.8) is 0 Å². The monoisotopic (exact) mass is 856 g/mol. The fourth-order valence-electron chi connectivity index (χ4n) is 4.30. The Hall–Kier alpha value is -1.87. The highest BCUT2D eigenvalue weighted by atomic mass is 127. The molecule has 0 fully saturated rings. The minimum absolute atomic E-state index is 0.0703. The van der Waals surface area contributed by atoms with Gasteiger partial charge in [-0.25, -0.2) is 0 Å². The normalized spacial score (nSPS) is 12.2. The summed E-state index contributed by atoms with van der Waals surface area (Å²) in [5.74, 6) is 0. The number of halogens is 5. The molecular formula is C41H53F3I2+2. The van der Waals surface area contributed by atoms with Gasteiger partial charge in [0.25, 0.3) is 0 Å². The molecule has 0 aliphatic carbocycles. The van der Waals surface area contributed by atoms with Gasteiger partial charge in [0, 0.05) is 0 Å². The van der Waals surface area contributed by atoms with E-state index in [2.05, 4.69) is 180 Å². The molecule has 0 spiro atoms. The lowest BCUT2D eigenvalue weighted by Crippen LogP contribution is -3.61. The van der Waals surface area contributed by atoms with E-state index in [0.717, 1.165) is 0 Å². The lowest BCUT2D eigenvalue weighted by Gasteiger charge is -2.18. The van der Waals surface area contributed by atoms with Crippen molar-refractivity contribution >= 4 is 0 Å². The predicted molar refractivity (Wildman–Crippen MR) is 182 cm³/mol. The van der Waals surface area contributed by atoms with Crippen LogP contribution in [-0.4, -0.2) is 6.68 Å². The standard InChI is InChI=1S/2C20H26I.CHF3/c2*1-19(2,3)15-7-11-17(12-8-15)21-18-13-9-16(10-14-18)20(4,5)6;2-1(3)4/h2*7-14H,1-6H3;1H/q2*+1;. The van der Waals surface area contributed by atoms with Crippen LogP contribution in [0.4, 0.5) is 13.2 Å². The van der Waals surface area contributed by atoms with Crippen LogP contribution in [0, 0.1) is 14.3 Å². The molecule has 0 saturated heterocycles. The number of rotatable bonds is 4. The van der Waals surface area contributed by atoms with Gasteiger partial charge in [0.1, 0.15) is 0 Å². The van der Waals surface area contributed by atoms with Crippen LogP contribution in [0.5, 0.6) is 0 Å². The molecule has 0 amide bonds. The topological polar surface area (TPSA) is 0 Å². The quantitative estimate of drug-likeness (QED) is 0.222. The maximum Gasteiger partial charge on any atom is 0.379 e. The van der Waals surface area contributed by atoms with E-state index in [0.29, 0.717) is 0 Å². The average molecular weight is 857 g/mol. The third kappa shape index (κ3) is 14.5. The summed E-state index contributed by atoms with van der Waals surface area (Å²) < 4.78 is 35.0. The molecule has 0 aliphatic rings. The first-order chi connectivity index (χ1) is 21.1. The Morgan fingerprint density at radius 3 is 0.565 bits per heavy atom. The molecule has 0 atom stereocenters. The van der Waals surface area contributed by atoms with E-state index >= 15 is 0 Å². The van der Waals surface area contributed by atoms with Gasteiger partial charge in [0.2, 0.25) is 0 Å². The van der Waals surface area contributed by atoms with E-state index in [1.54, 1.807) is 0 Å². The molecule has 4 rings (SSSR count). The van der Waals surface area contributed by atoms with E-state index in [9.17, 15) is 13.2 Å². The van der Waals surface area contributed by atoms with Crippen molar-refractivity contribution < 1.29 is 55.6 Å². The van der Waals surface area contributed by atoms with Crippen molar-refractivity contribution in [1.29, 1.82) is 0 Å². The molecule has 5 heteroatoms. The smallest absolute Gasteiger partial charge is 0.174 e. The Morgan fingerprint density at radius 1 is 0.326 bits per heavy atom. The Labute approximate surface area is 298 Å². The minimum Gasteiger partial charge on any atom is -0.174 e. The Balaban J connectivity index is 0.000000287. The molecular weight excluding hydrogens is 803 g/mol. The first kappa shape index (κ1) is 40.3. The molecule has 0 saturated carbocycles. The van der Waals surface area contributed by atoms with Crippen LogP contribution in [0.3, 0.4) is 0 Å². The zero-order chi connectivity index (χ0) is 34.9. The molecule has 46 heavy (non-hydrogen) atoms. The summed E-state index contributed by atoms with van der Waals surface area (Å²) in [6, 6.07) is 36.8. The largest absolute Gasteiger partial charge is 0.379 e. The van der Waals surface area contributed by atoms with Crippen molar-refractivity contribution in [2.45, 2.75) is 111 Å². The summed E-state index contributed by atoms with van der Waals surface area (Å²) in [5.41, 5.74) is 6.63. The van der Waals surface area contributed by atoms with Gasteiger partial charge >= 0.3 is 49.1 Å². The average Bonchev–Trinajstić information content (AvgIpc) is 2.92. The zero-order valence-electron chi connectivity index (χ0n) is 29.7. The first-order valence-electron chi connectivity index (χ1n) is 15.7. The maximum absolute atomic E-state index is 9.67. The molecule has 0 heterocycles. The van der Waals surface area contributed by atoms with Crippen LogP contribution in [0.15, 0.2) is 97.1 Å². The van der Waals surface area contributed by atoms with Crippen LogP contribution in [0.25, 0.3) is 0 Å². The van der Waals surface area contributed by atoms with Crippen molar-refractivity contribution in [3.05, 3.63) is 134 Å². The molecule has 4 aromatic rings. The van der Waals surface area contributed by atoms with Gasteiger partial charge < -0.3 is 0 Å². The maximum atomic E-state index is 9.67. The lowest BCUT2D eigenvalue weighted by molar-refractivity contribution is -0.597. The third-order valence-corrected chi connectivity index (χ3v) is 12.6. The van der Waals surface area contributed by atoms with Gasteiger partial charge in [-0.1, -0.05) is 132 Å². The number of alkyl halides is 3. The van der Waals surface area contributed by atoms with E-state index in [1.165, 1.54) is 36.5 Å². The molecule has 0 aromatic heterocycles. The second-order valence-corrected chi connectivity index (χ2v) is 21.5. The molecule has 0 radical (unpaired) electrons. The van der Waals surface area contributed by atoms with Crippen LogP contribution in [0.1, 0.15) is 105 Å². The van der Waals surface area contributed by atoms with Crippen molar-refractivity contribution in [2.24, 2.45) is 0 Å². The highest BCUT2D eigenvalue weighted by Gasteiger charge is 2.21. The van der Waals surface area contributed by atoms with Crippen molar-refractivity contribution in [2.75, 3.05) is 0 Å². The summed E-state index contributed by atoms with van der Waals surface area (Å²) in [5, 5.41) is 0. The summed E-state index contributed by atoms with van der Waals surface area (Å²) in [4.78, 5) is 0. The van der Waals surface area contributed by atoms with Gasteiger partial charge in [-0.3, -0.25) is 0 Å². The number of benzene rings is 4. The molecule has 0 bridgehead atoms. The van der Waals surface area contributed by atoms with Crippen LogP contribution < -0.4 is 42.4 Å². The molecule has 0 nitrogen and oxygen atoms in total. The third-order valence-electron chi connectivity index (χ3n) is 7.28. The van der Waals surface area contributed by atoms with Crippen LogP contribution >= 0.6 is 0 Å². The fourth-order valence-corrected chi connectivity index (χ4v) is 8.62. The van der Waals surface area contributed by atoms with Crippen LogP contribution in [0.2, 0.25) is 0 Å². The van der Waals surface area contributed by atoms with Gasteiger partial charge in [-0.05, 0) is 92.4 Å². The second-order valence-electron chi connectivity index (χ2n) is 15.5. The van der Waals surface area contributed by atoms with Gasteiger partial charge in [-0.15, -0.1) is 0 Å². The zero-order valence-corrected chi connectivity index (χ0v) is 34.0. The van der Waals surface area contributed by atoms with Gasteiger partial charge in [0.05, 0.1) is 0 Å².